The number of para-hydroxylation sites is 1. The number of rotatable bonds is 4. The van der Waals surface area contributed by atoms with E-state index < -0.39 is 12.1 Å². The molecule has 1 N–H and O–H groups in total. The van der Waals surface area contributed by atoms with Gasteiger partial charge in [0.1, 0.15) is 5.75 Å². The van der Waals surface area contributed by atoms with Crippen LogP contribution in [-0.4, -0.2) is 17.2 Å². The predicted molar refractivity (Wildman–Crippen MR) is 53.0 cm³/mol. The molecule has 1 atom stereocenters. The second kappa shape index (κ2) is 5.40. The summed E-state index contributed by atoms with van der Waals surface area (Å²) in [7, 11) is 0. The topological polar surface area (TPSA) is 46.5 Å². The molecular formula is C11H14O3. The van der Waals surface area contributed by atoms with Crippen LogP contribution in [0, 0.1) is 0 Å². The fourth-order valence-electron chi connectivity index (χ4n) is 1.06. The number of carbonyl (C=O) groups is 1. The third-order valence-electron chi connectivity index (χ3n) is 1.80. The largest absolute Gasteiger partial charge is 0.425 e. The number of esters is 1. The van der Waals surface area contributed by atoms with Gasteiger partial charge in [0.15, 0.2) is 6.10 Å². The number of ether oxygens (including phenoxy) is 1. The molecule has 1 aromatic rings. The summed E-state index contributed by atoms with van der Waals surface area (Å²) in [6, 6.07) is 8.73. The molecule has 3 heteroatoms. The Kier molecular flexibility index (Phi) is 4.13. The zero-order valence-electron chi connectivity index (χ0n) is 8.14. The maximum absolute atomic E-state index is 11.2. The highest BCUT2D eigenvalue weighted by molar-refractivity contribution is 5.76. The summed E-state index contributed by atoms with van der Waals surface area (Å²) in [5.74, 6) is -0.120. The highest BCUT2D eigenvalue weighted by atomic mass is 16.5. The molecule has 0 aliphatic carbocycles. The average Bonchev–Trinajstić information content (AvgIpc) is 2.19. The van der Waals surface area contributed by atoms with Crippen LogP contribution in [-0.2, 0) is 4.79 Å². The van der Waals surface area contributed by atoms with Crippen LogP contribution in [0.25, 0.3) is 0 Å². The van der Waals surface area contributed by atoms with E-state index in [1.165, 1.54) is 0 Å². The minimum atomic E-state index is -1.01. The van der Waals surface area contributed by atoms with Crippen LogP contribution in [0.5, 0.6) is 5.75 Å². The smallest absolute Gasteiger partial charge is 0.340 e. The van der Waals surface area contributed by atoms with E-state index in [-0.39, 0.29) is 0 Å². The molecule has 3 nitrogen and oxygen atoms in total. The van der Waals surface area contributed by atoms with Gasteiger partial charge in [0.05, 0.1) is 0 Å². The van der Waals surface area contributed by atoms with E-state index >= 15 is 0 Å². The number of benzene rings is 1. The molecule has 0 saturated carbocycles. The van der Waals surface area contributed by atoms with Gasteiger partial charge in [0.25, 0.3) is 0 Å². The monoisotopic (exact) mass is 194 g/mol. The number of aliphatic hydroxyl groups excluding tert-OH is 1. The average molecular weight is 194 g/mol. The Labute approximate surface area is 83.3 Å². The van der Waals surface area contributed by atoms with E-state index in [9.17, 15) is 9.90 Å². The van der Waals surface area contributed by atoms with Gasteiger partial charge in [-0.05, 0) is 18.6 Å². The van der Waals surface area contributed by atoms with Crippen molar-refractivity contribution in [1.29, 1.82) is 0 Å². The molecule has 1 aromatic carbocycles. The molecule has 0 amide bonds. The van der Waals surface area contributed by atoms with Gasteiger partial charge in [-0.2, -0.15) is 0 Å². The highest BCUT2D eigenvalue weighted by Gasteiger charge is 2.15. The summed E-state index contributed by atoms with van der Waals surface area (Å²) >= 11 is 0. The number of carbonyl (C=O) groups excluding carboxylic acids is 1. The Bertz CT molecular complexity index is 282. The quantitative estimate of drug-likeness (QED) is 0.586. The molecule has 0 saturated heterocycles. The standard InChI is InChI=1S/C11H14O3/c1-2-6-10(12)11(13)14-9-7-4-3-5-8-9/h3-5,7-8,10,12H,2,6H2,1H3. The summed E-state index contributed by atoms with van der Waals surface area (Å²) in [5, 5.41) is 9.30. The lowest BCUT2D eigenvalue weighted by Gasteiger charge is -2.08. The molecule has 0 aliphatic rings. The number of hydrogen-bond donors (Lipinski definition) is 1. The molecule has 1 rings (SSSR count). The van der Waals surface area contributed by atoms with Gasteiger partial charge < -0.3 is 9.84 Å². The lowest BCUT2D eigenvalue weighted by Crippen LogP contribution is -2.25. The van der Waals surface area contributed by atoms with E-state index in [1.807, 2.05) is 13.0 Å². The lowest BCUT2D eigenvalue weighted by atomic mass is 10.2. The second-order valence-electron chi connectivity index (χ2n) is 3.04. The molecule has 0 bridgehead atoms. The van der Waals surface area contributed by atoms with Crippen molar-refractivity contribution in [3.8, 4) is 5.75 Å². The zero-order valence-corrected chi connectivity index (χ0v) is 8.14. The maximum atomic E-state index is 11.2. The van der Waals surface area contributed by atoms with E-state index in [2.05, 4.69) is 0 Å². The molecule has 76 valence electrons. The van der Waals surface area contributed by atoms with Crippen LogP contribution in [0.15, 0.2) is 30.3 Å². The van der Waals surface area contributed by atoms with Crippen molar-refractivity contribution in [2.75, 3.05) is 0 Å². The van der Waals surface area contributed by atoms with Crippen LogP contribution in [0.2, 0.25) is 0 Å². The summed E-state index contributed by atoms with van der Waals surface area (Å²) in [6.45, 7) is 1.90. The normalized spacial score (nSPS) is 12.1. The van der Waals surface area contributed by atoms with Gasteiger partial charge in [0, 0.05) is 0 Å². The Morgan fingerprint density at radius 1 is 1.43 bits per heavy atom. The van der Waals surface area contributed by atoms with Crippen LogP contribution in [0.4, 0.5) is 0 Å². The van der Waals surface area contributed by atoms with E-state index in [1.54, 1.807) is 24.3 Å². The third-order valence-corrected chi connectivity index (χ3v) is 1.80. The van der Waals surface area contributed by atoms with Gasteiger partial charge >= 0.3 is 5.97 Å². The Hall–Kier alpha value is -1.35. The Balaban J connectivity index is 2.49. The van der Waals surface area contributed by atoms with Gasteiger partial charge in [-0.3, -0.25) is 0 Å². The highest BCUT2D eigenvalue weighted by Crippen LogP contribution is 2.10. The summed E-state index contributed by atoms with van der Waals surface area (Å²) < 4.78 is 4.94. The van der Waals surface area contributed by atoms with Crippen LogP contribution in [0.3, 0.4) is 0 Å². The van der Waals surface area contributed by atoms with Crippen LogP contribution in [0.1, 0.15) is 19.8 Å². The molecular weight excluding hydrogens is 180 g/mol. The first-order valence-corrected chi connectivity index (χ1v) is 4.69. The minimum Gasteiger partial charge on any atom is -0.425 e. The molecule has 1 unspecified atom stereocenters. The van der Waals surface area contributed by atoms with E-state index in [0.717, 1.165) is 6.42 Å². The minimum absolute atomic E-state index is 0.436. The maximum Gasteiger partial charge on any atom is 0.340 e. The molecule has 0 aromatic heterocycles. The van der Waals surface area contributed by atoms with Crippen molar-refractivity contribution >= 4 is 5.97 Å². The number of hydrogen-bond acceptors (Lipinski definition) is 3. The lowest BCUT2D eigenvalue weighted by molar-refractivity contribution is -0.144. The number of aliphatic hydroxyl groups is 1. The molecule has 0 radical (unpaired) electrons. The Morgan fingerprint density at radius 2 is 2.07 bits per heavy atom. The summed E-state index contributed by atoms with van der Waals surface area (Å²) in [5.41, 5.74) is 0. The van der Waals surface area contributed by atoms with Gasteiger partial charge in [-0.15, -0.1) is 0 Å². The van der Waals surface area contributed by atoms with Gasteiger partial charge in [-0.1, -0.05) is 31.5 Å². The predicted octanol–water partition coefficient (Wildman–Crippen LogP) is 1.75. The van der Waals surface area contributed by atoms with E-state index in [0.29, 0.717) is 12.2 Å². The SMILES string of the molecule is CCCC(O)C(=O)Oc1ccccc1. The van der Waals surface area contributed by atoms with E-state index in [4.69, 9.17) is 4.74 Å². The van der Waals surface area contributed by atoms with Gasteiger partial charge in [0.2, 0.25) is 0 Å². The Morgan fingerprint density at radius 3 is 2.64 bits per heavy atom. The fraction of sp³-hybridized carbons (Fsp3) is 0.364. The molecule has 14 heavy (non-hydrogen) atoms. The van der Waals surface area contributed by atoms with Gasteiger partial charge in [-0.25, -0.2) is 4.79 Å². The van der Waals surface area contributed by atoms with Crippen LogP contribution >= 0.6 is 0 Å². The summed E-state index contributed by atoms with van der Waals surface area (Å²) in [6.07, 6.45) is 0.177. The third kappa shape index (κ3) is 3.18. The first kappa shape index (κ1) is 10.7. The van der Waals surface area contributed by atoms with Crippen molar-refractivity contribution in [2.24, 2.45) is 0 Å². The zero-order chi connectivity index (χ0) is 10.4. The molecule has 0 aliphatic heterocycles. The second-order valence-corrected chi connectivity index (χ2v) is 3.04. The molecule has 0 heterocycles. The summed E-state index contributed by atoms with van der Waals surface area (Å²) in [4.78, 5) is 11.2. The molecule has 0 spiro atoms. The van der Waals surface area contributed by atoms with Crippen molar-refractivity contribution in [2.45, 2.75) is 25.9 Å². The van der Waals surface area contributed by atoms with Crippen molar-refractivity contribution in [3.05, 3.63) is 30.3 Å². The van der Waals surface area contributed by atoms with Crippen LogP contribution < -0.4 is 4.74 Å². The molecule has 0 fully saturated rings. The first-order chi connectivity index (χ1) is 6.74. The van der Waals surface area contributed by atoms with Crippen molar-refractivity contribution in [1.82, 2.24) is 0 Å². The van der Waals surface area contributed by atoms with Crippen molar-refractivity contribution < 1.29 is 14.6 Å². The fourth-order valence-corrected chi connectivity index (χ4v) is 1.06. The van der Waals surface area contributed by atoms with Crippen molar-refractivity contribution in [3.63, 3.8) is 0 Å². The first-order valence-electron chi connectivity index (χ1n) is 4.69.